The maximum absolute atomic E-state index is 13.0. The Labute approximate surface area is 337 Å². The third kappa shape index (κ3) is 13.5. The standard InChI is InChI=1S/C41H58ClN7O6S/c1-27(2)12-13-38(50)43-17-22-54-23-18-44-39(51)16-21-49-19-14-31(15-20-49)32-25-36(55-28(3)4)35(24-30(32)7)47-41-45-26-33(42)40(48-41)46-34-10-8-9-11-37(34)56(52,53)29(5)6/h8-13,24-29,31H,14-23H2,1-7H3,(H,43,50)(H,44,51)(H2,45,46,47,48)/b13-12+. The van der Waals surface area contributed by atoms with Crippen molar-refractivity contribution < 1.29 is 27.5 Å². The smallest absolute Gasteiger partial charge is 0.243 e. The minimum atomic E-state index is -3.57. The third-order valence-electron chi connectivity index (χ3n) is 9.22. The average molecular weight is 812 g/mol. The number of halogens is 1. The normalized spacial score (nSPS) is 14.1. The number of amides is 2. The highest BCUT2D eigenvalue weighted by atomic mass is 35.5. The summed E-state index contributed by atoms with van der Waals surface area (Å²) in [4.78, 5) is 35.7. The van der Waals surface area contributed by atoms with Gasteiger partial charge in [-0.15, -0.1) is 0 Å². The number of benzene rings is 2. The number of likely N-dealkylation sites (tertiary alicyclic amines) is 1. The van der Waals surface area contributed by atoms with E-state index in [1.807, 2.05) is 39.8 Å². The number of aromatic nitrogens is 2. The SMILES string of the molecule is Cc1cc(Nc2ncc(Cl)c(Nc3ccccc3S(=O)(=O)C(C)C)n2)c(OC(C)C)cc1C1CCN(CCC(=O)NCCOCCNC(=O)/C=C/C(C)C)CC1. The summed E-state index contributed by atoms with van der Waals surface area (Å²) in [6.45, 7) is 17.4. The van der Waals surface area contributed by atoms with Crippen molar-refractivity contribution in [2.24, 2.45) is 5.92 Å². The fraction of sp³-hybridized carbons (Fsp3) is 0.512. The molecule has 0 radical (unpaired) electrons. The van der Waals surface area contributed by atoms with Gasteiger partial charge in [0.15, 0.2) is 15.7 Å². The summed E-state index contributed by atoms with van der Waals surface area (Å²) in [7, 11) is -3.57. The molecular formula is C41H58ClN7O6S. The number of hydrogen-bond donors (Lipinski definition) is 4. The molecule has 2 aromatic carbocycles. The summed E-state index contributed by atoms with van der Waals surface area (Å²) in [6.07, 6.45) is 7.09. The first-order valence-corrected chi connectivity index (χ1v) is 21.3. The molecule has 15 heteroatoms. The molecule has 3 aromatic rings. The van der Waals surface area contributed by atoms with E-state index in [1.54, 1.807) is 38.1 Å². The lowest BCUT2D eigenvalue weighted by molar-refractivity contribution is -0.121. The molecule has 1 aliphatic heterocycles. The van der Waals surface area contributed by atoms with E-state index in [-0.39, 0.29) is 39.6 Å². The quantitative estimate of drug-likeness (QED) is 0.0692. The van der Waals surface area contributed by atoms with E-state index in [9.17, 15) is 18.0 Å². The van der Waals surface area contributed by atoms with Gasteiger partial charge >= 0.3 is 0 Å². The van der Waals surface area contributed by atoms with Gasteiger partial charge in [0, 0.05) is 26.1 Å². The van der Waals surface area contributed by atoms with Gasteiger partial charge < -0.3 is 35.6 Å². The molecular weight excluding hydrogens is 754 g/mol. The van der Waals surface area contributed by atoms with E-state index in [2.05, 4.69) is 49.1 Å². The average Bonchev–Trinajstić information content (AvgIpc) is 3.15. The zero-order valence-corrected chi connectivity index (χ0v) is 35.2. The Hall–Kier alpha value is -4.24. The lowest BCUT2D eigenvalue weighted by atomic mass is 9.86. The van der Waals surface area contributed by atoms with Gasteiger partial charge in [0.05, 0.1) is 47.0 Å². The summed E-state index contributed by atoms with van der Waals surface area (Å²) in [6, 6.07) is 10.8. The van der Waals surface area contributed by atoms with Crippen LogP contribution in [0.5, 0.6) is 5.75 Å². The number of ether oxygens (including phenoxy) is 2. The predicted molar refractivity (Wildman–Crippen MR) is 223 cm³/mol. The van der Waals surface area contributed by atoms with Crippen LogP contribution in [-0.2, 0) is 24.2 Å². The molecule has 0 spiro atoms. The number of allylic oxidation sites excluding steroid dienone is 1. The van der Waals surface area contributed by atoms with Gasteiger partial charge in [-0.3, -0.25) is 9.59 Å². The second-order valence-corrected chi connectivity index (χ2v) is 17.7. The molecule has 2 amide bonds. The van der Waals surface area contributed by atoms with Gasteiger partial charge in [-0.1, -0.05) is 43.7 Å². The molecule has 306 valence electrons. The lowest BCUT2D eigenvalue weighted by Gasteiger charge is -2.33. The number of carbonyl (C=O) groups is 2. The van der Waals surface area contributed by atoms with E-state index >= 15 is 0 Å². The number of nitrogens with zero attached hydrogens (tertiary/aromatic N) is 3. The third-order valence-corrected chi connectivity index (χ3v) is 11.7. The van der Waals surface area contributed by atoms with Crippen LogP contribution in [0.4, 0.5) is 23.1 Å². The molecule has 1 saturated heterocycles. The summed E-state index contributed by atoms with van der Waals surface area (Å²) in [5.74, 6) is 1.72. The van der Waals surface area contributed by atoms with Crippen molar-refractivity contribution in [1.29, 1.82) is 0 Å². The zero-order valence-electron chi connectivity index (χ0n) is 33.7. The Morgan fingerprint density at radius 1 is 0.982 bits per heavy atom. The second-order valence-electron chi connectivity index (χ2n) is 14.8. The zero-order chi connectivity index (χ0) is 40.8. The van der Waals surface area contributed by atoms with E-state index in [0.29, 0.717) is 68.2 Å². The van der Waals surface area contributed by atoms with Gasteiger partial charge in [0.25, 0.3) is 0 Å². The molecule has 1 aromatic heterocycles. The number of para-hydroxylation sites is 1. The summed E-state index contributed by atoms with van der Waals surface area (Å²) >= 11 is 6.49. The molecule has 0 aliphatic carbocycles. The van der Waals surface area contributed by atoms with Crippen LogP contribution in [0.3, 0.4) is 0 Å². The Morgan fingerprint density at radius 2 is 1.68 bits per heavy atom. The molecule has 0 saturated carbocycles. The molecule has 0 unspecified atom stereocenters. The molecule has 0 atom stereocenters. The molecule has 13 nitrogen and oxygen atoms in total. The topological polar surface area (TPSA) is 164 Å². The van der Waals surface area contributed by atoms with Gasteiger partial charge in [-0.25, -0.2) is 13.4 Å². The lowest BCUT2D eigenvalue weighted by Crippen LogP contribution is -2.37. The summed E-state index contributed by atoms with van der Waals surface area (Å²) in [5, 5.41) is 11.7. The van der Waals surface area contributed by atoms with Crippen molar-refractivity contribution in [2.75, 3.05) is 56.6 Å². The Kier molecular flexibility index (Phi) is 16.9. The molecule has 56 heavy (non-hydrogen) atoms. The van der Waals surface area contributed by atoms with Crippen LogP contribution in [0, 0.1) is 12.8 Å². The molecule has 4 rings (SSSR count). The Balaban J connectivity index is 1.30. The number of nitrogens with one attached hydrogen (secondary N) is 4. The van der Waals surface area contributed by atoms with Crippen LogP contribution >= 0.6 is 11.6 Å². The number of carbonyl (C=O) groups excluding carboxylic acids is 2. The highest BCUT2D eigenvalue weighted by Crippen LogP contribution is 2.38. The summed E-state index contributed by atoms with van der Waals surface area (Å²) in [5.41, 5.74) is 3.40. The van der Waals surface area contributed by atoms with E-state index in [0.717, 1.165) is 31.5 Å². The molecule has 0 bridgehead atoms. The van der Waals surface area contributed by atoms with Crippen molar-refractivity contribution >= 4 is 56.4 Å². The van der Waals surface area contributed by atoms with Crippen LogP contribution < -0.4 is 26.0 Å². The number of piperidine rings is 1. The van der Waals surface area contributed by atoms with Crippen molar-refractivity contribution in [1.82, 2.24) is 25.5 Å². The highest BCUT2D eigenvalue weighted by Gasteiger charge is 2.25. The maximum atomic E-state index is 13.0. The fourth-order valence-corrected chi connectivity index (χ4v) is 7.53. The monoisotopic (exact) mass is 811 g/mol. The summed E-state index contributed by atoms with van der Waals surface area (Å²) < 4.78 is 37.9. The van der Waals surface area contributed by atoms with Gasteiger partial charge in [0.1, 0.15) is 10.8 Å². The van der Waals surface area contributed by atoms with Gasteiger partial charge in [0.2, 0.25) is 17.8 Å². The van der Waals surface area contributed by atoms with Gasteiger partial charge in [-0.05, 0) is 114 Å². The molecule has 2 heterocycles. The van der Waals surface area contributed by atoms with Crippen LogP contribution in [0.2, 0.25) is 5.02 Å². The van der Waals surface area contributed by atoms with Crippen molar-refractivity contribution in [3.63, 3.8) is 0 Å². The highest BCUT2D eigenvalue weighted by molar-refractivity contribution is 7.92. The van der Waals surface area contributed by atoms with Crippen LogP contribution in [-0.4, -0.2) is 92.4 Å². The number of hydrogen-bond acceptors (Lipinski definition) is 11. The molecule has 1 fully saturated rings. The van der Waals surface area contributed by atoms with Crippen LogP contribution in [0.25, 0.3) is 0 Å². The van der Waals surface area contributed by atoms with E-state index in [1.165, 1.54) is 17.8 Å². The van der Waals surface area contributed by atoms with E-state index in [4.69, 9.17) is 21.1 Å². The predicted octanol–water partition coefficient (Wildman–Crippen LogP) is 6.93. The largest absolute Gasteiger partial charge is 0.489 e. The minimum Gasteiger partial charge on any atom is -0.489 e. The fourth-order valence-electron chi connectivity index (χ4n) is 6.19. The van der Waals surface area contributed by atoms with Crippen LogP contribution in [0.1, 0.15) is 77.8 Å². The van der Waals surface area contributed by atoms with Gasteiger partial charge in [-0.2, -0.15) is 4.98 Å². The molecule has 4 N–H and O–H groups in total. The first kappa shape index (κ1) is 44.5. The minimum absolute atomic E-state index is 0.00582. The second kappa shape index (κ2) is 21.3. The maximum Gasteiger partial charge on any atom is 0.243 e. The number of aryl methyl sites for hydroxylation is 1. The number of sulfone groups is 1. The van der Waals surface area contributed by atoms with Crippen molar-refractivity contribution in [3.8, 4) is 5.75 Å². The van der Waals surface area contributed by atoms with Crippen LogP contribution in [0.15, 0.2) is 59.6 Å². The first-order chi connectivity index (χ1) is 26.6. The Bertz CT molecular complexity index is 1910. The van der Waals surface area contributed by atoms with E-state index < -0.39 is 15.1 Å². The number of anilines is 4. The first-order valence-electron chi connectivity index (χ1n) is 19.4. The van der Waals surface area contributed by atoms with Crippen molar-refractivity contribution in [3.05, 3.63) is 70.9 Å². The Morgan fingerprint density at radius 3 is 2.36 bits per heavy atom. The number of rotatable bonds is 20. The molecule has 1 aliphatic rings. The van der Waals surface area contributed by atoms with Crippen molar-refractivity contribution in [2.45, 2.75) is 89.9 Å².